The van der Waals surface area contributed by atoms with Crippen molar-refractivity contribution in [3.8, 4) is 5.69 Å². The average molecular weight is 349 g/mol. The minimum absolute atomic E-state index is 0.0988. The van der Waals surface area contributed by atoms with E-state index in [0.717, 1.165) is 23.5 Å². The van der Waals surface area contributed by atoms with Crippen LogP contribution in [0.4, 0.5) is 15.9 Å². The van der Waals surface area contributed by atoms with Crippen LogP contribution in [0.25, 0.3) is 5.69 Å². The second-order valence-electron chi connectivity index (χ2n) is 6.99. The molecule has 0 saturated heterocycles. The van der Waals surface area contributed by atoms with Crippen LogP contribution in [0, 0.1) is 18.7 Å². The number of carbonyl (C=O) groups excluding carboxylic acids is 1. The molecule has 132 valence electrons. The Morgan fingerprint density at radius 1 is 1.08 bits per heavy atom. The second kappa shape index (κ2) is 6.41. The van der Waals surface area contributed by atoms with Gasteiger partial charge in [0.05, 0.1) is 16.9 Å². The number of aromatic nitrogens is 2. The first kappa shape index (κ1) is 16.5. The summed E-state index contributed by atoms with van der Waals surface area (Å²) < 4.78 is 15.1. The maximum absolute atomic E-state index is 13.3. The van der Waals surface area contributed by atoms with Crippen molar-refractivity contribution in [2.75, 3.05) is 5.32 Å². The van der Waals surface area contributed by atoms with Gasteiger partial charge in [0, 0.05) is 12.1 Å². The van der Waals surface area contributed by atoms with Gasteiger partial charge in [-0.15, -0.1) is 5.10 Å². The third-order valence-corrected chi connectivity index (χ3v) is 4.72. The molecule has 1 aromatic heterocycles. The number of aryl methyl sites for hydroxylation is 1. The third kappa shape index (κ3) is 3.01. The van der Waals surface area contributed by atoms with Crippen LogP contribution >= 0.6 is 0 Å². The van der Waals surface area contributed by atoms with E-state index in [-0.39, 0.29) is 17.5 Å². The Morgan fingerprint density at radius 2 is 1.77 bits per heavy atom. The van der Waals surface area contributed by atoms with Crippen molar-refractivity contribution in [2.45, 2.75) is 26.7 Å². The first-order valence-electron chi connectivity index (χ1n) is 8.76. The molecule has 1 heterocycles. The summed E-state index contributed by atoms with van der Waals surface area (Å²) in [6.45, 7) is 4.09. The topological polar surface area (TPSA) is 46.9 Å². The fourth-order valence-corrected chi connectivity index (χ4v) is 3.41. The molecule has 1 aliphatic carbocycles. The molecule has 2 aromatic carbocycles. The lowest BCUT2D eigenvalue weighted by Gasteiger charge is -2.19. The van der Waals surface area contributed by atoms with Gasteiger partial charge in [0.25, 0.3) is 0 Å². The summed E-state index contributed by atoms with van der Waals surface area (Å²) >= 11 is 0. The predicted octanol–water partition coefficient (Wildman–Crippen LogP) is 4.83. The van der Waals surface area contributed by atoms with E-state index in [2.05, 4.69) is 17.3 Å². The van der Waals surface area contributed by atoms with Crippen molar-refractivity contribution in [3.05, 3.63) is 71.2 Å². The number of hydrogen-bond donors (Lipinski definition) is 1. The normalized spacial score (nSPS) is 16.4. The van der Waals surface area contributed by atoms with Crippen LogP contribution in [-0.2, 0) is 6.42 Å². The van der Waals surface area contributed by atoms with E-state index in [4.69, 9.17) is 0 Å². The third-order valence-electron chi connectivity index (χ3n) is 4.72. The number of ketones is 1. The average Bonchev–Trinajstić information content (AvgIpc) is 2.96. The van der Waals surface area contributed by atoms with Gasteiger partial charge in [0.15, 0.2) is 11.6 Å². The van der Waals surface area contributed by atoms with Crippen LogP contribution in [0.15, 0.2) is 48.5 Å². The fraction of sp³-hybridized carbons (Fsp3) is 0.238. The molecule has 5 heteroatoms. The number of rotatable bonds is 3. The molecule has 3 aromatic rings. The highest BCUT2D eigenvalue weighted by Gasteiger charge is 2.31. The summed E-state index contributed by atoms with van der Waals surface area (Å²) in [6.07, 6.45) is 1.28. The van der Waals surface area contributed by atoms with Gasteiger partial charge < -0.3 is 5.32 Å². The molecular weight excluding hydrogens is 329 g/mol. The first-order chi connectivity index (χ1) is 12.5. The van der Waals surface area contributed by atoms with Crippen LogP contribution in [0.2, 0.25) is 0 Å². The number of carbonyl (C=O) groups is 1. The molecule has 0 amide bonds. The zero-order chi connectivity index (χ0) is 18.3. The van der Waals surface area contributed by atoms with E-state index in [1.54, 1.807) is 16.8 Å². The Hall–Kier alpha value is -2.95. The predicted molar refractivity (Wildman–Crippen MR) is 99.8 cm³/mol. The number of hydrogen-bond acceptors (Lipinski definition) is 3. The van der Waals surface area contributed by atoms with Crippen LogP contribution in [0.1, 0.15) is 35.0 Å². The van der Waals surface area contributed by atoms with E-state index < -0.39 is 0 Å². The Labute approximate surface area is 151 Å². The van der Waals surface area contributed by atoms with Gasteiger partial charge >= 0.3 is 0 Å². The van der Waals surface area contributed by atoms with E-state index >= 15 is 0 Å². The molecule has 4 nitrogen and oxygen atoms in total. The lowest BCUT2D eigenvalue weighted by molar-refractivity contribution is 0.0953. The molecule has 0 unspecified atom stereocenters. The van der Waals surface area contributed by atoms with Gasteiger partial charge in [0.2, 0.25) is 0 Å². The molecule has 1 aliphatic rings. The summed E-state index contributed by atoms with van der Waals surface area (Å²) in [5.74, 6) is 0.627. The lowest BCUT2D eigenvalue weighted by Crippen LogP contribution is -2.19. The zero-order valence-corrected chi connectivity index (χ0v) is 14.8. The number of nitrogens with one attached hydrogen (secondary N) is 1. The highest BCUT2D eigenvalue weighted by Crippen LogP contribution is 2.33. The van der Waals surface area contributed by atoms with E-state index in [0.29, 0.717) is 17.8 Å². The fourth-order valence-electron chi connectivity index (χ4n) is 3.41. The van der Waals surface area contributed by atoms with Gasteiger partial charge in [-0.3, -0.25) is 4.79 Å². The lowest BCUT2D eigenvalue weighted by atomic mass is 9.87. The molecule has 0 aliphatic heterocycles. The smallest absolute Gasteiger partial charge is 0.168 e. The minimum Gasteiger partial charge on any atom is -0.338 e. The van der Waals surface area contributed by atoms with Gasteiger partial charge in [-0.2, -0.15) is 0 Å². The highest BCUT2D eigenvalue weighted by molar-refractivity contribution is 6.03. The van der Waals surface area contributed by atoms with Gasteiger partial charge in [-0.1, -0.05) is 24.6 Å². The zero-order valence-electron chi connectivity index (χ0n) is 14.8. The van der Waals surface area contributed by atoms with Crippen molar-refractivity contribution >= 4 is 17.3 Å². The molecular formula is C21H20FN3O. The van der Waals surface area contributed by atoms with Crippen molar-refractivity contribution in [3.63, 3.8) is 0 Å². The number of anilines is 2. The highest BCUT2D eigenvalue weighted by atomic mass is 19.1. The molecule has 1 N–H and O–H groups in total. The van der Waals surface area contributed by atoms with Crippen LogP contribution in [0.3, 0.4) is 0 Å². The van der Waals surface area contributed by atoms with Gasteiger partial charge in [-0.25, -0.2) is 9.07 Å². The Morgan fingerprint density at radius 3 is 2.46 bits per heavy atom. The SMILES string of the molecule is Cc1ccc(Nc2nn(-c3ccc(F)cc3)c3c2C(=O)C[C@H](C)C3)cc1. The Balaban J connectivity index is 1.81. The monoisotopic (exact) mass is 349 g/mol. The molecule has 1 atom stereocenters. The maximum Gasteiger partial charge on any atom is 0.168 e. The number of nitrogens with zero attached hydrogens (tertiary/aromatic N) is 2. The number of halogens is 1. The van der Waals surface area contributed by atoms with E-state index in [1.165, 1.54) is 17.7 Å². The first-order valence-corrected chi connectivity index (χ1v) is 8.76. The van der Waals surface area contributed by atoms with Crippen molar-refractivity contribution in [2.24, 2.45) is 5.92 Å². The second-order valence-corrected chi connectivity index (χ2v) is 6.99. The largest absolute Gasteiger partial charge is 0.338 e. The number of Topliss-reactive ketones (excluding diaryl/α,β-unsaturated/α-hetero) is 1. The van der Waals surface area contributed by atoms with Gasteiger partial charge in [0.1, 0.15) is 5.82 Å². The molecule has 26 heavy (non-hydrogen) atoms. The van der Waals surface area contributed by atoms with E-state index in [9.17, 15) is 9.18 Å². The molecule has 0 saturated carbocycles. The quantitative estimate of drug-likeness (QED) is 0.737. The van der Waals surface area contributed by atoms with Crippen LogP contribution in [-0.4, -0.2) is 15.6 Å². The van der Waals surface area contributed by atoms with E-state index in [1.807, 2.05) is 31.2 Å². The Bertz CT molecular complexity index is 958. The molecule has 0 fully saturated rings. The van der Waals surface area contributed by atoms with Crippen LogP contribution in [0.5, 0.6) is 0 Å². The summed E-state index contributed by atoms with van der Waals surface area (Å²) in [4.78, 5) is 12.7. The summed E-state index contributed by atoms with van der Waals surface area (Å²) in [5, 5.41) is 7.94. The molecule has 0 spiro atoms. The maximum atomic E-state index is 13.3. The van der Waals surface area contributed by atoms with Crippen molar-refractivity contribution in [1.29, 1.82) is 0 Å². The standard InChI is InChI=1S/C21H20FN3O/c1-13-3-7-16(8-4-13)23-21-20-18(11-14(2)12-19(20)26)25(24-21)17-9-5-15(22)6-10-17/h3-10,14H,11-12H2,1-2H3,(H,23,24)/t14-/m1/s1. The summed E-state index contributed by atoms with van der Waals surface area (Å²) in [7, 11) is 0. The summed E-state index contributed by atoms with van der Waals surface area (Å²) in [6, 6.07) is 14.1. The number of fused-ring (bicyclic) bond motifs is 1. The molecule has 0 radical (unpaired) electrons. The Kier molecular flexibility index (Phi) is 4.07. The van der Waals surface area contributed by atoms with Crippen molar-refractivity contribution < 1.29 is 9.18 Å². The van der Waals surface area contributed by atoms with Crippen molar-refractivity contribution in [1.82, 2.24) is 9.78 Å². The minimum atomic E-state index is -0.294. The molecule has 4 rings (SSSR count). The van der Waals surface area contributed by atoms with Gasteiger partial charge in [-0.05, 0) is 55.7 Å². The number of benzene rings is 2. The molecule has 0 bridgehead atoms. The van der Waals surface area contributed by atoms with Crippen LogP contribution < -0.4 is 5.32 Å². The summed E-state index contributed by atoms with van der Waals surface area (Å²) in [5.41, 5.74) is 4.33.